The number of urea groups is 1. The maximum Gasteiger partial charge on any atom is 0.326 e. The predicted octanol–water partition coefficient (Wildman–Crippen LogP) is 4.66. The van der Waals surface area contributed by atoms with E-state index in [9.17, 15) is 14.0 Å². The smallest absolute Gasteiger partial charge is 0.326 e. The molecule has 134 valence electrons. The van der Waals surface area contributed by atoms with E-state index in [2.05, 4.69) is 21.2 Å². The van der Waals surface area contributed by atoms with Crippen molar-refractivity contribution in [3.63, 3.8) is 0 Å². The summed E-state index contributed by atoms with van der Waals surface area (Å²) in [5, 5.41) is 2.80. The highest BCUT2D eigenvalue weighted by Gasteiger charge is 2.29. The van der Waals surface area contributed by atoms with Crippen molar-refractivity contribution in [3.8, 4) is 5.75 Å². The first-order valence-electron chi connectivity index (χ1n) is 7.87. The van der Waals surface area contributed by atoms with Gasteiger partial charge in [0.25, 0.3) is 0 Å². The Bertz CT molecular complexity index is 868. The van der Waals surface area contributed by atoms with Crippen LogP contribution in [0, 0.1) is 5.82 Å². The normalized spacial score (nSPS) is 16.5. The van der Waals surface area contributed by atoms with Crippen molar-refractivity contribution in [1.29, 1.82) is 0 Å². The van der Waals surface area contributed by atoms with Crippen LogP contribution in [0.15, 0.2) is 59.2 Å². The minimum atomic E-state index is -0.502. The van der Waals surface area contributed by atoms with Crippen LogP contribution in [0.5, 0.6) is 5.75 Å². The largest absolute Gasteiger partial charge is 0.497 e. The number of ether oxygens (including phenoxy) is 1. The van der Waals surface area contributed by atoms with E-state index in [1.165, 1.54) is 29.3 Å². The van der Waals surface area contributed by atoms with Crippen LogP contribution in [-0.4, -0.2) is 23.8 Å². The van der Waals surface area contributed by atoms with E-state index in [0.717, 1.165) is 0 Å². The van der Waals surface area contributed by atoms with Gasteiger partial charge in [0.1, 0.15) is 11.6 Å². The van der Waals surface area contributed by atoms with E-state index in [1.54, 1.807) is 37.4 Å². The molecular formula is C19H16BrFN2O3. The van der Waals surface area contributed by atoms with Crippen LogP contribution in [-0.2, 0) is 4.79 Å². The molecule has 0 aromatic heterocycles. The summed E-state index contributed by atoms with van der Waals surface area (Å²) in [5.41, 5.74) is 1.22. The number of anilines is 1. The monoisotopic (exact) mass is 418 g/mol. The lowest BCUT2D eigenvalue weighted by atomic mass is 9.97. The zero-order valence-electron chi connectivity index (χ0n) is 13.9. The second-order valence-corrected chi connectivity index (χ2v) is 6.59. The molecule has 0 aliphatic carbocycles. The average Bonchev–Trinajstić information content (AvgIpc) is 2.64. The Balaban J connectivity index is 1.87. The third-order valence-electron chi connectivity index (χ3n) is 4.06. The molecule has 1 N–H and O–H groups in total. The summed E-state index contributed by atoms with van der Waals surface area (Å²) in [6.45, 7) is 0. The van der Waals surface area contributed by atoms with E-state index >= 15 is 0 Å². The van der Waals surface area contributed by atoms with E-state index in [4.69, 9.17) is 4.74 Å². The minimum absolute atomic E-state index is 0.0917. The van der Waals surface area contributed by atoms with E-state index in [-0.39, 0.29) is 18.0 Å². The van der Waals surface area contributed by atoms with Crippen LogP contribution in [0.25, 0.3) is 0 Å². The fraction of sp³-hybridized carbons (Fsp3) is 0.158. The van der Waals surface area contributed by atoms with Crippen LogP contribution in [0.2, 0.25) is 0 Å². The number of halogens is 2. The van der Waals surface area contributed by atoms with Crippen molar-refractivity contribution in [2.24, 2.45) is 0 Å². The number of nitrogens with zero attached hydrogens (tertiary/aromatic N) is 1. The molecule has 2 aromatic carbocycles. The molecule has 26 heavy (non-hydrogen) atoms. The van der Waals surface area contributed by atoms with Crippen molar-refractivity contribution in [2.75, 3.05) is 12.4 Å². The fourth-order valence-electron chi connectivity index (χ4n) is 2.70. The first-order valence-corrected chi connectivity index (χ1v) is 8.66. The van der Waals surface area contributed by atoms with Crippen molar-refractivity contribution in [1.82, 2.24) is 4.90 Å². The summed E-state index contributed by atoms with van der Waals surface area (Å²) in [4.78, 5) is 26.1. The highest BCUT2D eigenvalue weighted by Crippen LogP contribution is 2.31. The lowest BCUT2D eigenvalue weighted by Crippen LogP contribution is -2.37. The molecule has 0 radical (unpaired) electrons. The highest BCUT2D eigenvalue weighted by molar-refractivity contribution is 9.10. The molecule has 2 aromatic rings. The summed E-state index contributed by atoms with van der Waals surface area (Å²) in [6.07, 6.45) is 2.94. The van der Waals surface area contributed by atoms with Gasteiger partial charge in [-0.05, 0) is 51.8 Å². The summed E-state index contributed by atoms with van der Waals surface area (Å²) >= 11 is 3.39. The van der Waals surface area contributed by atoms with E-state index in [1.807, 2.05) is 0 Å². The molecular weight excluding hydrogens is 403 g/mol. The summed E-state index contributed by atoms with van der Waals surface area (Å²) in [7, 11) is 1.54. The van der Waals surface area contributed by atoms with Crippen LogP contribution >= 0.6 is 15.9 Å². The van der Waals surface area contributed by atoms with Crippen LogP contribution in [0.1, 0.15) is 18.0 Å². The molecule has 7 heteroatoms. The summed E-state index contributed by atoms with van der Waals surface area (Å²) in [6, 6.07) is 10.1. The number of hydrogen-bond acceptors (Lipinski definition) is 3. The molecule has 5 nitrogen and oxygen atoms in total. The number of hydrogen-bond donors (Lipinski definition) is 1. The number of rotatable bonds is 3. The molecule has 0 saturated heterocycles. The minimum Gasteiger partial charge on any atom is -0.497 e. The highest BCUT2D eigenvalue weighted by atomic mass is 79.9. The Morgan fingerprint density at radius 1 is 1.27 bits per heavy atom. The van der Waals surface area contributed by atoms with Gasteiger partial charge >= 0.3 is 6.03 Å². The molecule has 0 spiro atoms. The first-order chi connectivity index (χ1) is 12.5. The first kappa shape index (κ1) is 18.1. The van der Waals surface area contributed by atoms with Crippen LogP contribution in [0.3, 0.4) is 0 Å². The number of methoxy groups -OCH3 is 1. The van der Waals surface area contributed by atoms with Crippen LogP contribution < -0.4 is 10.1 Å². The second-order valence-electron chi connectivity index (χ2n) is 5.74. The Morgan fingerprint density at radius 3 is 2.69 bits per heavy atom. The lowest BCUT2D eigenvalue weighted by Gasteiger charge is -2.31. The maximum atomic E-state index is 13.2. The zero-order chi connectivity index (χ0) is 18.7. The van der Waals surface area contributed by atoms with Gasteiger partial charge in [-0.3, -0.25) is 9.69 Å². The number of carbonyl (C=O) groups is 2. The number of allylic oxidation sites excluding steroid dienone is 1. The predicted molar refractivity (Wildman–Crippen MR) is 99.5 cm³/mol. The quantitative estimate of drug-likeness (QED) is 0.788. The van der Waals surface area contributed by atoms with Gasteiger partial charge in [0, 0.05) is 23.2 Å². The van der Waals surface area contributed by atoms with Gasteiger partial charge in [-0.15, -0.1) is 0 Å². The Kier molecular flexibility index (Phi) is 5.37. The van der Waals surface area contributed by atoms with E-state index < -0.39 is 12.1 Å². The molecule has 2 amide bonds. The van der Waals surface area contributed by atoms with Gasteiger partial charge < -0.3 is 10.1 Å². The van der Waals surface area contributed by atoms with Crippen molar-refractivity contribution in [2.45, 2.75) is 12.5 Å². The average molecular weight is 419 g/mol. The molecule has 1 aliphatic heterocycles. The molecule has 1 heterocycles. The van der Waals surface area contributed by atoms with Crippen molar-refractivity contribution in [3.05, 3.63) is 70.6 Å². The summed E-state index contributed by atoms with van der Waals surface area (Å²) in [5.74, 6) is 0.136. The molecule has 0 bridgehead atoms. The van der Waals surface area contributed by atoms with Crippen molar-refractivity contribution < 1.29 is 18.7 Å². The Hall–Kier alpha value is -2.67. The molecule has 1 atom stereocenters. The standard InChI is InChI=1S/C19H16BrFN2O3/c1-26-15-6-7-16(20)17(11-15)22-19(25)23-9-8-14(24)10-18(23)12-2-4-13(21)5-3-12/h2-9,11,18H,10H2,1H3,(H,22,25)/t18-/m0/s1. The molecule has 1 aliphatic rings. The topological polar surface area (TPSA) is 58.6 Å². The molecule has 3 rings (SSSR count). The number of benzene rings is 2. The fourth-order valence-corrected chi connectivity index (χ4v) is 3.05. The SMILES string of the molecule is COc1ccc(Br)c(NC(=O)N2C=CC(=O)C[C@H]2c2ccc(F)cc2)c1. The maximum absolute atomic E-state index is 13.2. The number of carbonyl (C=O) groups excluding carboxylic acids is 2. The van der Waals surface area contributed by atoms with Gasteiger partial charge in [0.15, 0.2) is 5.78 Å². The Morgan fingerprint density at radius 2 is 2.00 bits per heavy atom. The van der Waals surface area contributed by atoms with Gasteiger partial charge in [-0.25, -0.2) is 9.18 Å². The van der Waals surface area contributed by atoms with Gasteiger partial charge in [0.05, 0.1) is 18.8 Å². The number of ketones is 1. The zero-order valence-corrected chi connectivity index (χ0v) is 15.5. The Labute approximate surface area is 158 Å². The molecule has 0 unspecified atom stereocenters. The van der Waals surface area contributed by atoms with Gasteiger partial charge in [-0.2, -0.15) is 0 Å². The van der Waals surface area contributed by atoms with Crippen molar-refractivity contribution >= 4 is 33.4 Å². The van der Waals surface area contributed by atoms with Crippen LogP contribution in [0.4, 0.5) is 14.9 Å². The van der Waals surface area contributed by atoms with Gasteiger partial charge in [-0.1, -0.05) is 12.1 Å². The summed E-state index contributed by atoms with van der Waals surface area (Å²) < 4.78 is 19.1. The van der Waals surface area contributed by atoms with E-state index in [0.29, 0.717) is 21.5 Å². The molecule has 0 saturated carbocycles. The third-order valence-corrected chi connectivity index (χ3v) is 4.75. The lowest BCUT2D eigenvalue weighted by molar-refractivity contribution is -0.116. The third kappa shape index (κ3) is 3.94. The number of amides is 2. The molecule has 0 fully saturated rings. The van der Waals surface area contributed by atoms with Gasteiger partial charge in [0.2, 0.25) is 0 Å². The number of nitrogens with one attached hydrogen (secondary N) is 1. The second kappa shape index (κ2) is 7.70.